The summed E-state index contributed by atoms with van der Waals surface area (Å²) in [5.74, 6) is 1.03. The van der Waals surface area contributed by atoms with Crippen molar-refractivity contribution in [3.63, 3.8) is 0 Å². The Morgan fingerprint density at radius 3 is 3.15 bits per heavy atom. The summed E-state index contributed by atoms with van der Waals surface area (Å²) in [5.41, 5.74) is 2.51. The Bertz CT molecular complexity index is 1070. The zero-order chi connectivity index (χ0) is 17.5. The Hall–Kier alpha value is -2.44. The lowest BCUT2D eigenvalue weighted by Crippen LogP contribution is -2.47. The van der Waals surface area contributed by atoms with Crippen molar-refractivity contribution >= 4 is 38.3 Å². The van der Waals surface area contributed by atoms with Crippen molar-refractivity contribution in [2.45, 2.75) is 19.4 Å². The van der Waals surface area contributed by atoms with E-state index in [0.29, 0.717) is 6.61 Å². The highest BCUT2D eigenvalue weighted by atomic mass is 32.1. The number of para-hydroxylation sites is 1. The average Bonchev–Trinajstić information content (AvgIpc) is 3.25. The molecule has 3 aromatic heterocycles. The van der Waals surface area contributed by atoms with Gasteiger partial charge >= 0.3 is 0 Å². The zero-order valence-corrected chi connectivity index (χ0v) is 15.4. The average molecular weight is 364 g/mol. The number of ether oxygens (including phenoxy) is 1. The van der Waals surface area contributed by atoms with Gasteiger partial charge in [0.15, 0.2) is 0 Å². The van der Waals surface area contributed by atoms with Gasteiger partial charge in [-0.15, -0.1) is 11.3 Å². The van der Waals surface area contributed by atoms with Crippen LogP contribution in [0.4, 0.5) is 5.82 Å². The monoisotopic (exact) mass is 364 g/mol. The van der Waals surface area contributed by atoms with E-state index in [1.165, 1.54) is 21.3 Å². The van der Waals surface area contributed by atoms with Gasteiger partial charge in [-0.1, -0.05) is 18.2 Å². The summed E-state index contributed by atoms with van der Waals surface area (Å²) in [6.07, 6.45) is 4.74. The molecule has 0 saturated carbocycles. The minimum absolute atomic E-state index is 0.265. The van der Waals surface area contributed by atoms with Gasteiger partial charge in [-0.05, 0) is 31.0 Å². The third-order valence-electron chi connectivity index (χ3n) is 5.06. The van der Waals surface area contributed by atoms with Crippen LogP contribution in [-0.2, 0) is 11.2 Å². The number of aromatic amines is 1. The van der Waals surface area contributed by atoms with Crippen molar-refractivity contribution in [2.24, 2.45) is 0 Å². The second-order valence-electron chi connectivity index (χ2n) is 6.76. The molecule has 0 unspecified atom stereocenters. The van der Waals surface area contributed by atoms with Gasteiger partial charge in [0.25, 0.3) is 0 Å². The molecule has 4 aromatic rings. The third-order valence-corrected chi connectivity index (χ3v) is 6.02. The van der Waals surface area contributed by atoms with Crippen LogP contribution >= 0.6 is 11.3 Å². The third kappa shape index (κ3) is 2.66. The normalized spacial score (nSPS) is 18.0. The standard InChI is InChI=1S/C20H20N4OS/c1-13-8-17-19(22-12-23-20(17)26-13)24-6-7-25-11-15(24)9-14-10-21-18-5-3-2-4-16(14)18/h2-5,8,10,12,15,21H,6-7,9,11H2,1H3/t15-/m0/s1. The van der Waals surface area contributed by atoms with Crippen molar-refractivity contribution < 1.29 is 4.74 Å². The van der Waals surface area contributed by atoms with Crippen LogP contribution in [0.2, 0.25) is 0 Å². The van der Waals surface area contributed by atoms with E-state index in [0.717, 1.165) is 35.6 Å². The summed E-state index contributed by atoms with van der Waals surface area (Å²) < 4.78 is 5.82. The van der Waals surface area contributed by atoms with Crippen molar-refractivity contribution in [3.8, 4) is 0 Å². The highest BCUT2D eigenvalue weighted by molar-refractivity contribution is 7.18. The van der Waals surface area contributed by atoms with E-state index in [-0.39, 0.29) is 6.04 Å². The molecule has 0 spiro atoms. The second kappa shape index (κ2) is 6.37. The summed E-state index contributed by atoms with van der Waals surface area (Å²) >= 11 is 1.72. The number of benzene rings is 1. The lowest BCUT2D eigenvalue weighted by molar-refractivity contribution is 0.0939. The maximum absolute atomic E-state index is 5.82. The molecular formula is C20H20N4OS. The molecule has 1 aliphatic rings. The van der Waals surface area contributed by atoms with Gasteiger partial charge in [-0.2, -0.15) is 0 Å². The van der Waals surface area contributed by atoms with E-state index in [1.54, 1.807) is 17.7 Å². The number of rotatable bonds is 3. The number of nitrogens with one attached hydrogen (secondary N) is 1. The van der Waals surface area contributed by atoms with E-state index in [1.807, 2.05) is 0 Å². The van der Waals surface area contributed by atoms with E-state index < -0.39 is 0 Å². The Balaban J connectivity index is 1.52. The van der Waals surface area contributed by atoms with Crippen LogP contribution in [0.25, 0.3) is 21.1 Å². The fourth-order valence-corrected chi connectivity index (χ4v) is 4.69. The number of nitrogens with zero attached hydrogens (tertiary/aromatic N) is 3. The molecule has 0 radical (unpaired) electrons. The van der Waals surface area contributed by atoms with Crippen LogP contribution < -0.4 is 4.90 Å². The molecule has 1 N–H and O–H groups in total. The molecular weight excluding hydrogens is 344 g/mol. The van der Waals surface area contributed by atoms with Crippen molar-refractivity contribution in [2.75, 3.05) is 24.7 Å². The number of morpholine rings is 1. The van der Waals surface area contributed by atoms with Crippen LogP contribution in [0.1, 0.15) is 10.4 Å². The van der Waals surface area contributed by atoms with E-state index in [9.17, 15) is 0 Å². The summed E-state index contributed by atoms with van der Waals surface area (Å²) in [5, 5.41) is 2.44. The van der Waals surface area contributed by atoms with Gasteiger partial charge in [0.1, 0.15) is 17.0 Å². The molecule has 26 heavy (non-hydrogen) atoms. The molecule has 6 heteroatoms. The summed E-state index contributed by atoms with van der Waals surface area (Å²) in [7, 11) is 0. The minimum Gasteiger partial charge on any atom is -0.377 e. The van der Waals surface area contributed by atoms with Gasteiger partial charge < -0.3 is 14.6 Å². The van der Waals surface area contributed by atoms with Crippen LogP contribution in [0.15, 0.2) is 42.9 Å². The maximum Gasteiger partial charge on any atom is 0.141 e. The summed E-state index contributed by atoms with van der Waals surface area (Å²) in [6, 6.07) is 10.9. The first-order valence-corrected chi connectivity index (χ1v) is 9.72. The summed E-state index contributed by atoms with van der Waals surface area (Å²) in [4.78, 5) is 17.2. The predicted octanol–water partition coefficient (Wildman–Crippen LogP) is 3.93. The van der Waals surface area contributed by atoms with Gasteiger partial charge in [0.2, 0.25) is 0 Å². The fraction of sp³-hybridized carbons (Fsp3) is 0.300. The van der Waals surface area contributed by atoms with Crippen molar-refractivity contribution in [1.29, 1.82) is 0 Å². The van der Waals surface area contributed by atoms with Crippen molar-refractivity contribution in [1.82, 2.24) is 15.0 Å². The SMILES string of the molecule is Cc1cc2c(N3CCOC[C@@H]3Cc3c[nH]c4ccccc34)ncnc2s1. The number of thiophene rings is 1. The fourth-order valence-electron chi connectivity index (χ4n) is 3.85. The zero-order valence-electron chi connectivity index (χ0n) is 14.6. The number of anilines is 1. The number of fused-ring (bicyclic) bond motifs is 2. The molecule has 1 aliphatic heterocycles. The van der Waals surface area contributed by atoms with E-state index in [4.69, 9.17) is 4.74 Å². The highest BCUT2D eigenvalue weighted by Crippen LogP contribution is 2.32. The Morgan fingerprint density at radius 1 is 1.27 bits per heavy atom. The van der Waals surface area contributed by atoms with Crippen molar-refractivity contribution in [3.05, 3.63) is 53.3 Å². The second-order valence-corrected chi connectivity index (χ2v) is 7.99. The molecule has 0 amide bonds. The number of H-pyrrole nitrogens is 1. The Morgan fingerprint density at radius 2 is 2.19 bits per heavy atom. The first kappa shape index (κ1) is 15.8. The van der Waals surface area contributed by atoms with Crippen LogP contribution in [-0.4, -0.2) is 40.8 Å². The molecule has 5 nitrogen and oxygen atoms in total. The number of hydrogen-bond acceptors (Lipinski definition) is 5. The lowest BCUT2D eigenvalue weighted by Gasteiger charge is -2.36. The largest absolute Gasteiger partial charge is 0.377 e. The molecule has 4 heterocycles. The number of aryl methyl sites for hydroxylation is 1. The van der Waals surface area contributed by atoms with Crippen LogP contribution in [0.5, 0.6) is 0 Å². The van der Waals surface area contributed by atoms with Gasteiger partial charge in [-0.3, -0.25) is 0 Å². The molecule has 0 aliphatic carbocycles. The van der Waals surface area contributed by atoms with Crippen LogP contribution in [0.3, 0.4) is 0 Å². The van der Waals surface area contributed by atoms with Gasteiger partial charge in [-0.25, -0.2) is 9.97 Å². The molecule has 1 fully saturated rings. The van der Waals surface area contributed by atoms with E-state index in [2.05, 4.69) is 63.3 Å². The molecule has 1 atom stereocenters. The molecule has 0 bridgehead atoms. The molecule has 5 rings (SSSR count). The minimum atomic E-state index is 0.265. The molecule has 1 saturated heterocycles. The molecule has 132 valence electrons. The van der Waals surface area contributed by atoms with Crippen LogP contribution in [0, 0.1) is 6.92 Å². The molecule has 1 aromatic carbocycles. The maximum atomic E-state index is 5.82. The van der Waals surface area contributed by atoms with Gasteiger partial charge in [0, 0.05) is 28.5 Å². The quantitative estimate of drug-likeness (QED) is 0.598. The van der Waals surface area contributed by atoms with Gasteiger partial charge in [0.05, 0.1) is 24.6 Å². The van der Waals surface area contributed by atoms with E-state index >= 15 is 0 Å². The Kier molecular flexibility index (Phi) is 3.87. The summed E-state index contributed by atoms with van der Waals surface area (Å²) in [6.45, 7) is 4.43. The lowest BCUT2D eigenvalue weighted by atomic mass is 10.0. The predicted molar refractivity (Wildman–Crippen MR) is 106 cm³/mol. The number of hydrogen-bond donors (Lipinski definition) is 1. The topological polar surface area (TPSA) is 54.0 Å². The highest BCUT2D eigenvalue weighted by Gasteiger charge is 2.27. The smallest absolute Gasteiger partial charge is 0.141 e. The number of aromatic nitrogens is 3. The first-order valence-electron chi connectivity index (χ1n) is 8.90. The first-order chi connectivity index (χ1) is 12.8. The Labute approximate surface area is 155 Å².